The first-order valence-corrected chi connectivity index (χ1v) is 22.0. The van der Waals surface area contributed by atoms with Gasteiger partial charge in [0.1, 0.15) is 40.6 Å². The van der Waals surface area contributed by atoms with Gasteiger partial charge in [0.15, 0.2) is 11.8 Å². The number of amides is 4. The van der Waals surface area contributed by atoms with E-state index in [4.69, 9.17) is 4.74 Å². The molecule has 0 spiro atoms. The smallest absolute Gasteiger partial charge is 0.271 e. The Labute approximate surface area is 328 Å². The molecule has 3 aliphatic rings. The molecule has 18 heteroatoms. The topological polar surface area (TPSA) is 201 Å². The highest BCUT2D eigenvalue weighted by Gasteiger charge is 2.39. The zero-order valence-corrected chi connectivity index (χ0v) is 33.4. The van der Waals surface area contributed by atoms with Crippen LogP contribution in [0.25, 0.3) is 0 Å². The Balaban J connectivity index is 1.41. The summed E-state index contributed by atoms with van der Waals surface area (Å²) in [5.74, 6) is -2.37. The highest BCUT2D eigenvalue weighted by Crippen LogP contribution is 2.31. The molecule has 3 aliphatic heterocycles. The minimum atomic E-state index is -1.28. The van der Waals surface area contributed by atoms with Gasteiger partial charge in [-0.2, -0.15) is 0 Å². The molecule has 2 unspecified atom stereocenters. The third kappa shape index (κ3) is 9.69. The number of ether oxygens (including phenoxy) is 1. The molecule has 5 heterocycles. The van der Waals surface area contributed by atoms with E-state index in [0.717, 1.165) is 5.56 Å². The number of rotatable bonds is 5. The quantitative estimate of drug-likeness (QED) is 0.237. The number of nitrogens with zero attached hydrogens (tertiary/aromatic N) is 3. The number of hydrogen-bond acceptors (Lipinski definition) is 14. The van der Waals surface area contributed by atoms with Crippen LogP contribution in [0.15, 0.2) is 46.1 Å². The number of aliphatic hydroxyl groups is 1. The fourth-order valence-electron chi connectivity index (χ4n) is 6.35. The lowest BCUT2D eigenvalue weighted by Gasteiger charge is -2.25. The average molecular weight is 814 g/mol. The molecule has 54 heavy (non-hydrogen) atoms. The Bertz CT molecular complexity index is 1880. The van der Waals surface area contributed by atoms with Crippen molar-refractivity contribution in [2.45, 2.75) is 95.3 Å². The van der Waals surface area contributed by atoms with Crippen LogP contribution in [0, 0.1) is 5.92 Å². The molecular formula is C36H43N7O7S4. The molecule has 8 atom stereocenters. The van der Waals surface area contributed by atoms with E-state index in [9.17, 15) is 29.1 Å². The number of Topliss-reactive ketones (excluding diaryl/α,β-unsaturated/α-hetero) is 1. The van der Waals surface area contributed by atoms with Crippen molar-refractivity contribution < 1.29 is 33.8 Å². The molecule has 288 valence electrons. The number of aliphatic imine (C=N–C) groups is 1. The van der Waals surface area contributed by atoms with Crippen LogP contribution >= 0.6 is 44.3 Å². The summed E-state index contributed by atoms with van der Waals surface area (Å²) in [4.78, 5) is 83.0. The van der Waals surface area contributed by atoms with Crippen molar-refractivity contribution in [3.8, 4) is 0 Å². The van der Waals surface area contributed by atoms with E-state index in [1.54, 1.807) is 17.7 Å². The Kier molecular flexibility index (Phi) is 13.1. The average Bonchev–Trinajstić information content (AvgIpc) is 3.90. The summed E-state index contributed by atoms with van der Waals surface area (Å²) >= 11 is 2.46. The molecule has 14 nitrogen and oxygen atoms in total. The maximum absolute atomic E-state index is 14.0. The largest absolute Gasteiger partial charge is 0.474 e. The summed E-state index contributed by atoms with van der Waals surface area (Å²) < 4.78 is 6.15. The highest BCUT2D eigenvalue weighted by molar-refractivity contribution is 8.76. The van der Waals surface area contributed by atoms with E-state index in [0.29, 0.717) is 22.9 Å². The number of ketones is 1. The number of fused-ring (bicyclic) bond motifs is 11. The first-order chi connectivity index (χ1) is 25.9. The molecule has 0 saturated carbocycles. The zero-order valence-electron chi connectivity index (χ0n) is 30.1. The second kappa shape index (κ2) is 17.7. The lowest BCUT2D eigenvalue weighted by Crippen LogP contribution is -2.55. The van der Waals surface area contributed by atoms with E-state index in [-0.39, 0.29) is 47.0 Å². The highest BCUT2D eigenvalue weighted by atomic mass is 33.1. The fourth-order valence-corrected chi connectivity index (χ4v) is 10.4. The Morgan fingerprint density at radius 3 is 2.13 bits per heavy atom. The number of carbonyl (C=O) groups excluding carboxylic acids is 5. The van der Waals surface area contributed by atoms with Crippen molar-refractivity contribution in [2.24, 2.45) is 10.9 Å². The monoisotopic (exact) mass is 813 g/mol. The third-order valence-electron chi connectivity index (χ3n) is 9.14. The summed E-state index contributed by atoms with van der Waals surface area (Å²) in [5.41, 5.74) is 1.16. The van der Waals surface area contributed by atoms with Crippen LogP contribution in [0.4, 0.5) is 0 Å². The van der Waals surface area contributed by atoms with Crippen LogP contribution in [-0.4, -0.2) is 98.3 Å². The number of aliphatic hydroxyl groups excluding tert-OH is 1. The lowest BCUT2D eigenvalue weighted by molar-refractivity contribution is -0.131. The minimum Gasteiger partial charge on any atom is -0.474 e. The first-order valence-electron chi connectivity index (χ1n) is 17.7. The molecule has 0 saturated heterocycles. The number of thiazole rings is 2. The minimum absolute atomic E-state index is 0.0642. The van der Waals surface area contributed by atoms with Gasteiger partial charge in [-0.15, -0.1) is 22.7 Å². The number of carbonyl (C=O) groups is 5. The Morgan fingerprint density at radius 1 is 0.833 bits per heavy atom. The number of nitrogens with one attached hydrogen (secondary N) is 4. The first kappa shape index (κ1) is 39.8. The van der Waals surface area contributed by atoms with E-state index in [1.165, 1.54) is 51.2 Å². The molecule has 1 aromatic carbocycles. The van der Waals surface area contributed by atoms with Gasteiger partial charge in [0.2, 0.25) is 17.7 Å². The molecule has 3 aromatic rings. The van der Waals surface area contributed by atoms with Crippen molar-refractivity contribution in [3.05, 3.63) is 68.1 Å². The maximum atomic E-state index is 14.0. The molecule has 4 amide bonds. The van der Waals surface area contributed by atoms with E-state index in [2.05, 4.69) is 36.2 Å². The maximum Gasteiger partial charge on any atom is 0.271 e. The zero-order chi connectivity index (χ0) is 38.5. The van der Waals surface area contributed by atoms with E-state index < -0.39 is 71.8 Å². The molecule has 0 radical (unpaired) electrons. The van der Waals surface area contributed by atoms with Crippen molar-refractivity contribution in [3.63, 3.8) is 0 Å². The number of aromatic nitrogens is 2. The second-order valence-electron chi connectivity index (χ2n) is 14.0. The predicted molar refractivity (Wildman–Crippen MR) is 210 cm³/mol. The van der Waals surface area contributed by atoms with Crippen molar-refractivity contribution >= 4 is 79.6 Å². The molecule has 8 bridgehead atoms. The summed E-state index contributed by atoms with van der Waals surface area (Å²) in [7, 11) is 2.56. The van der Waals surface area contributed by atoms with Crippen LogP contribution in [-0.2, 0) is 25.5 Å². The van der Waals surface area contributed by atoms with Crippen molar-refractivity contribution in [2.75, 3.05) is 11.5 Å². The summed E-state index contributed by atoms with van der Waals surface area (Å²) in [5, 5.41) is 26.6. The normalized spacial score (nSPS) is 27.7. The molecule has 0 fully saturated rings. The molecular weight excluding hydrogens is 771 g/mol. The van der Waals surface area contributed by atoms with Crippen LogP contribution in [0.3, 0.4) is 0 Å². The SMILES string of the molecule is CC(C)C[C@H]1NC(=O)C2N=C(O[C@@H]2C)[C@@H]2CSSCC(NC(=O)c3csc1n3)C(=O)N[C@@H]([C@H](C)O)C(=O)C[C@H](Cc1ccccc1)c1nc(cs1)C(=O)N2. The van der Waals surface area contributed by atoms with E-state index in [1.807, 2.05) is 44.2 Å². The van der Waals surface area contributed by atoms with Gasteiger partial charge < -0.3 is 31.1 Å². The molecule has 6 rings (SSSR count). The van der Waals surface area contributed by atoms with Crippen LogP contribution < -0.4 is 21.3 Å². The van der Waals surface area contributed by atoms with Gasteiger partial charge in [-0.05, 0) is 38.2 Å². The molecule has 5 N–H and O–H groups in total. The van der Waals surface area contributed by atoms with Crippen LogP contribution in [0.5, 0.6) is 0 Å². The van der Waals surface area contributed by atoms with E-state index >= 15 is 0 Å². The number of benzene rings is 1. The standard InChI is InChI=1S/C36H43N7O7S4/c1-17(2)10-22-36-41-24(14-52-36)30(46)38-25-15-53-54-16-26(34-43-29(19(4)50-34)33(49)37-22)39-31(47)23-13-51-35(40-23)21(11-20-8-6-5-7-9-20)12-27(45)28(18(3)44)42-32(25)48/h5-9,13-14,17-19,21-22,25-26,28-29,44H,10-12,15-16H2,1-4H3,(H,37,49)(H,38,46)(H,39,47)(H,42,48)/t18-,19+,21-,22+,25?,26-,28-,29?/m0/s1. The Morgan fingerprint density at radius 2 is 1.46 bits per heavy atom. The molecule has 2 aromatic heterocycles. The summed E-state index contributed by atoms with van der Waals surface area (Å²) in [6.07, 6.45) is -1.02. The van der Waals surface area contributed by atoms with Gasteiger partial charge in [0.05, 0.1) is 17.2 Å². The van der Waals surface area contributed by atoms with Crippen molar-refractivity contribution in [1.29, 1.82) is 0 Å². The van der Waals surface area contributed by atoms with Gasteiger partial charge in [0.25, 0.3) is 11.8 Å². The van der Waals surface area contributed by atoms with Gasteiger partial charge in [-0.3, -0.25) is 24.0 Å². The van der Waals surface area contributed by atoms with Crippen LogP contribution in [0.1, 0.15) is 89.1 Å². The number of hydrogen-bond donors (Lipinski definition) is 5. The summed E-state index contributed by atoms with van der Waals surface area (Å²) in [6, 6.07) is 4.92. The fraction of sp³-hybridized carbons (Fsp3) is 0.500. The van der Waals surface area contributed by atoms with Crippen molar-refractivity contribution in [1.82, 2.24) is 31.2 Å². The van der Waals surface area contributed by atoms with Crippen LogP contribution in [0.2, 0.25) is 0 Å². The molecule has 0 aliphatic carbocycles. The predicted octanol–water partition coefficient (Wildman–Crippen LogP) is 3.45. The summed E-state index contributed by atoms with van der Waals surface area (Å²) in [6.45, 7) is 7.20. The lowest BCUT2D eigenvalue weighted by atomic mass is 9.91. The van der Waals surface area contributed by atoms with Gasteiger partial charge in [0, 0.05) is 34.6 Å². The van der Waals surface area contributed by atoms with Gasteiger partial charge >= 0.3 is 0 Å². The van der Waals surface area contributed by atoms with Gasteiger partial charge in [-0.1, -0.05) is 65.8 Å². The third-order valence-corrected chi connectivity index (χ3v) is 13.5. The van der Waals surface area contributed by atoms with Gasteiger partial charge in [-0.25, -0.2) is 15.0 Å². The Hall–Kier alpha value is -3.84. The second-order valence-corrected chi connectivity index (χ2v) is 18.3.